The van der Waals surface area contributed by atoms with Crippen LogP contribution in [0.5, 0.6) is 0 Å². The second kappa shape index (κ2) is 6.24. The first-order valence-electron chi connectivity index (χ1n) is 11.4. The number of esters is 1. The van der Waals surface area contributed by atoms with Gasteiger partial charge in [-0.3, -0.25) is 4.79 Å². The summed E-state index contributed by atoms with van der Waals surface area (Å²) in [7, 11) is 0. The molecule has 148 valence electrons. The Kier molecular flexibility index (Phi) is 4.52. The van der Waals surface area contributed by atoms with Gasteiger partial charge in [-0.1, -0.05) is 20.8 Å². The maximum atomic E-state index is 13.1. The average molecular weight is 361 g/mol. The summed E-state index contributed by atoms with van der Waals surface area (Å²) in [5.74, 6) is 3.96. The predicted octanol–water partition coefficient (Wildman–Crippen LogP) is 6.38. The van der Waals surface area contributed by atoms with Crippen LogP contribution in [0.1, 0.15) is 98.8 Å². The predicted molar refractivity (Wildman–Crippen MR) is 106 cm³/mol. The molecular formula is C24H40O2. The highest BCUT2D eigenvalue weighted by atomic mass is 16.6. The molecule has 0 aromatic rings. The van der Waals surface area contributed by atoms with Gasteiger partial charge in [0.05, 0.1) is 5.41 Å². The molecule has 0 aromatic carbocycles. The molecule has 0 N–H and O–H groups in total. The van der Waals surface area contributed by atoms with Gasteiger partial charge < -0.3 is 4.74 Å². The molecule has 26 heavy (non-hydrogen) atoms. The first kappa shape index (κ1) is 18.8. The molecule has 5 fully saturated rings. The van der Waals surface area contributed by atoms with Crippen LogP contribution >= 0.6 is 0 Å². The van der Waals surface area contributed by atoms with Gasteiger partial charge >= 0.3 is 5.97 Å². The zero-order chi connectivity index (χ0) is 18.7. The van der Waals surface area contributed by atoms with Gasteiger partial charge in [0.1, 0.15) is 5.60 Å². The minimum Gasteiger partial charge on any atom is -0.458 e. The van der Waals surface area contributed by atoms with Gasteiger partial charge in [-0.25, -0.2) is 0 Å². The quantitative estimate of drug-likeness (QED) is 0.532. The molecule has 0 amide bonds. The molecule has 5 saturated carbocycles. The number of hydrogen-bond donors (Lipinski definition) is 0. The molecule has 2 heteroatoms. The van der Waals surface area contributed by atoms with Crippen LogP contribution < -0.4 is 0 Å². The van der Waals surface area contributed by atoms with Crippen LogP contribution in [-0.2, 0) is 9.53 Å². The van der Waals surface area contributed by atoms with Crippen molar-refractivity contribution in [1.29, 1.82) is 0 Å². The summed E-state index contributed by atoms with van der Waals surface area (Å²) in [5, 5.41) is 0. The van der Waals surface area contributed by atoms with E-state index >= 15 is 0 Å². The molecule has 2 atom stereocenters. The molecule has 0 spiro atoms. The molecule has 0 heterocycles. The van der Waals surface area contributed by atoms with Crippen molar-refractivity contribution in [2.45, 2.75) is 104 Å². The maximum Gasteiger partial charge on any atom is 0.312 e. The molecule has 5 aliphatic rings. The number of carbonyl (C=O) groups excluding carboxylic acids is 1. The van der Waals surface area contributed by atoms with Gasteiger partial charge in [0, 0.05) is 5.92 Å². The molecule has 0 radical (unpaired) electrons. The molecule has 5 aliphatic carbocycles. The van der Waals surface area contributed by atoms with Crippen molar-refractivity contribution in [3.63, 3.8) is 0 Å². The van der Waals surface area contributed by atoms with Crippen LogP contribution in [-0.4, -0.2) is 11.6 Å². The molecule has 0 aliphatic heterocycles. The van der Waals surface area contributed by atoms with Crippen LogP contribution in [0.2, 0.25) is 0 Å². The van der Waals surface area contributed by atoms with Gasteiger partial charge in [-0.05, 0) is 107 Å². The Morgan fingerprint density at radius 3 is 2.08 bits per heavy atom. The van der Waals surface area contributed by atoms with E-state index in [2.05, 4.69) is 34.6 Å². The Labute approximate surface area is 160 Å². The van der Waals surface area contributed by atoms with Crippen molar-refractivity contribution < 1.29 is 9.53 Å². The lowest BCUT2D eigenvalue weighted by molar-refractivity contribution is -0.201. The number of ether oxygens (including phenoxy) is 1. The lowest BCUT2D eigenvalue weighted by atomic mass is 9.44. The van der Waals surface area contributed by atoms with Crippen molar-refractivity contribution in [1.82, 2.24) is 0 Å². The zero-order valence-corrected chi connectivity index (χ0v) is 17.8. The number of carbonyl (C=O) groups is 1. The Hall–Kier alpha value is -0.530. The number of rotatable bonds is 5. The van der Waals surface area contributed by atoms with Crippen molar-refractivity contribution in [2.24, 2.45) is 40.4 Å². The van der Waals surface area contributed by atoms with E-state index in [1.807, 2.05) is 0 Å². The Morgan fingerprint density at radius 2 is 1.62 bits per heavy atom. The molecule has 2 nitrogen and oxygen atoms in total. The van der Waals surface area contributed by atoms with E-state index in [0.717, 1.165) is 30.6 Å². The summed E-state index contributed by atoms with van der Waals surface area (Å²) in [6.45, 7) is 10.8. The fourth-order valence-electron chi connectivity index (χ4n) is 7.82. The van der Waals surface area contributed by atoms with Crippen LogP contribution in [0, 0.1) is 40.4 Å². The van der Waals surface area contributed by atoms with Crippen LogP contribution in [0.3, 0.4) is 0 Å². The highest BCUT2D eigenvalue weighted by molar-refractivity contribution is 5.76. The van der Waals surface area contributed by atoms with Crippen molar-refractivity contribution in [3.05, 3.63) is 0 Å². The van der Waals surface area contributed by atoms with Gasteiger partial charge in [0.25, 0.3) is 0 Å². The van der Waals surface area contributed by atoms with Gasteiger partial charge in [-0.2, -0.15) is 0 Å². The van der Waals surface area contributed by atoms with Crippen molar-refractivity contribution >= 4 is 5.97 Å². The normalized spacial score (nSPS) is 44.7. The molecular weight excluding hydrogens is 320 g/mol. The first-order valence-corrected chi connectivity index (χ1v) is 11.4. The summed E-state index contributed by atoms with van der Waals surface area (Å²) in [6.07, 6.45) is 13.2. The van der Waals surface area contributed by atoms with Crippen LogP contribution in [0.4, 0.5) is 0 Å². The van der Waals surface area contributed by atoms with E-state index in [-0.39, 0.29) is 17.0 Å². The Balaban J connectivity index is 1.65. The van der Waals surface area contributed by atoms with E-state index in [9.17, 15) is 4.79 Å². The zero-order valence-electron chi connectivity index (χ0n) is 17.8. The minimum absolute atomic E-state index is 0.0466. The summed E-state index contributed by atoms with van der Waals surface area (Å²) in [6, 6.07) is 0. The van der Waals surface area contributed by atoms with Gasteiger partial charge in [0.2, 0.25) is 0 Å². The Bertz CT molecular complexity index is 525. The SMILES string of the molecule is CCC(C)(C)C(=O)OC1(C(C)C)CCCC1C12CC3CC(CC(C3)C1)C2. The minimum atomic E-state index is -0.365. The van der Waals surface area contributed by atoms with Gasteiger partial charge in [0.15, 0.2) is 0 Å². The first-order chi connectivity index (χ1) is 12.2. The second-order valence-electron chi connectivity index (χ2n) is 11.5. The largest absolute Gasteiger partial charge is 0.458 e. The van der Waals surface area contributed by atoms with Crippen molar-refractivity contribution in [3.8, 4) is 0 Å². The molecule has 5 rings (SSSR count). The highest BCUT2D eigenvalue weighted by Crippen LogP contribution is 2.67. The van der Waals surface area contributed by atoms with E-state index in [0.29, 0.717) is 17.3 Å². The summed E-state index contributed by atoms with van der Waals surface area (Å²) >= 11 is 0. The molecule has 4 bridgehead atoms. The van der Waals surface area contributed by atoms with E-state index in [1.54, 1.807) is 0 Å². The lowest BCUT2D eigenvalue weighted by Crippen LogP contribution is -2.57. The van der Waals surface area contributed by atoms with Gasteiger partial charge in [-0.15, -0.1) is 0 Å². The second-order valence-corrected chi connectivity index (χ2v) is 11.5. The summed E-state index contributed by atoms with van der Waals surface area (Å²) < 4.78 is 6.58. The molecule has 2 unspecified atom stereocenters. The van der Waals surface area contributed by atoms with Crippen molar-refractivity contribution in [2.75, 3.05) is 0 Å². The van der Waals surface area contributed by atoms with E-state index in [1.165, 1.54) is 51.4 Å². The smallest absolute Gasteiger partial charge is 0.312 e. The topological polar surface area (TPSA) is 26.3 Å². The molecule has 0 aromatic heterocycles. The number of hydrogen-bond acceptors (Lipinski definition) is 2. The third kappa shape index (κ3) is 2.76. The summed E-state index contributed by atoms with van der Waals surface area (Å²) in [4.78, 5) is 13.1. The monoisotopic (exact) mass is 360 g/mol. The third-order valence-corrected chi connectivity index (χ3v) is 9.17. The fourth-order valence-corrected chi connectivity index (χ4v) is 7.82. The summed E-state index contributed by atoms with van der Waals surface area (Å²) in [5.41, 5.74) is -0.0994. The molecule has 0 saturated heterocycles. The van der Waals surface area contributed by atoms with E-state index < -0.39 is 0 Å². The average Bonchev–Trinajstić information content (AvgIpc) is 2.99. The van der Waals surface area contributed by atoms with E-state index in [4.69, 9.17) is 4.74 Å². The lowest BCUT2D eigenvalue weighted by Gasteiger charge is -2.62. The maximum absolute atomic E-state index is 13.1. The fraction of sp³-hybridized carbons (Fsp3) is 0.958. The Morgan fingerprint density at radius 1 is 1.08 bits per heavy atom. The standard InChI is InChI=1S/C24H40O2/c1-6-22(4,5)21(25)26-24(16(2)3)9-7-8-20(24)23-13-17-10-18(14-23)12-19(11-17)15-23/h16-20H,6-15H2,1-5H3. The van der Waals surface area contributed by atoms with Crippen LogP contribution in [0.25, 0.3) is 0 Å². The third-order valence-electron chi connectivity index (χ3n) is 9.17. The van der Waals surface area contributed by atoms with Crippen LogP contribution in [0.15, 0.2) is 0 Å². The highest BCUT2D eigenvalue weighted by Gasteiger charge is 2.62.